The Morgan fingerprint density at radius 2 is 2.13 bits per heavy atom. The van der Waals surface area contributed by atoms with Gasteiger partial charge < -0.3 is 4.90 Å². The fourth-order valence-electron chi connectivity index (χ4n) is 0.874. The highest BCUT2D eigenvalue weighted by Gasteiger charge is 2.11. The Morgan fingerprint density at radius 1 is 1.53 bits per heavy atom. The van der Waals surface area contributed by atoms with Crippen molar-refractivity contribution in [1.29, 1.82) is 0 Å². The first-order valence-electron chi connectivity index (χ1n) is 4.10. The molecule has 15 heavy (non-hydrogen) atoms. The van der Waals surface area contributed by atoms with Crippen LogP contribution in [0.25, 0.3) is 0 Å². The highest BCUT2D eigenvalue weighted by Crippen LogP contribution is 2.25. The van der Waals surface area contributed by atoms with Gasteiger partial charge in [-0.3, -0.25) is 4.18 Å². The largest absolute Gasteiger partial charge is 0.354 e. The molecule has 1 rings (SSSR count). The zero-order valence-electron chi connectivity index (χ0n) is 8.72. The summed E-state index contributed by atoms with van der Waals surface area (Å²) in [5.41, 5.74) is 0.757. The minimum Gasteiger partial charge on any atom is -0.354 e. The monoisotopic (exact) mass is 251 g/mol. The number of hydrogen-bond donors (Lipinski definition) is 1. The van der Waals surface area contributed by atoms with E-state index in [1.54, 1.807) is 6.92 Å². The maximum absolute atomic E-state index is 10.6. The molecule has 0 fully saturated rings. The first-order valence-corrected chi connectivity index (χ1v) is 6.39. The van der Waals surface area contributed by atoms with Gasteiger partial charge in [0.05, 0.1) is 10.6 Å². The van der Waals surface area contributed by atoms with Crippen LogP contribution < -0.4 is 10.0 Å². The number of nitrogens with zero attached hydrogens (tertiary/aromatic N) is 2. The zero-order valence-corrected chi connectivity index (χ0v) is 10.4. The summed E-state index contributed by atoms with van der Waals surface area (Å²) in [6.07, 6.45) is 0. The molecule has 1 aromatic rings. The van der Waals surface area contributed by atoms with Gasteiger partial charge in [0, 0.05) is 14.1 Å². The molecule has 0 unspecified atom stereocenters. The van der Waals surface area contributed by atoms with E-state index in [0.29, 0.717) is 0 Å². The van der Waals surface area contributed by atoms with Crippen molar-refractivity contribution >= 4 is 26.8 Å². The lowest BCUT2D eigenvalue weighted by Gasteiger charge is -2.05. The van der Waals surface area contributed by atoms with Gasteiger partial charge >= 0.3 is 10.3 Å². The summed E-state index contributed by atoms with van der Waals surface area (Å²) in [5.74, 6) is 0. The van der Waals surface area contributed by atoms with Crippen molar-refractivity contribution in [2.45, 2.75) is 13.5 Å². The molecule has 86 valence electrons. The number of hydrogen-bond acceptors (Lipinski definition) is 6. The molecule has 0 amide bonds. The first kappa shape index (κ1) is 12.4. The van der Waals surface area contributed by atoms with Crippen molar-refractivity contribution < 1.29 is 12.6 Å². The van der Waals surface area contributed by atoms with Crippen molar-refractivity contribution in [1.82, 2.24) is 4.98 Å². The van der Waals surface area contributed by atoms with E-state index in [2.05, 4.69) is 9.17 Å². The van der Waals surface area contributed by atoms with Crippen LogP contribution >= 0.6 is 11.3 Å². The molecule has 0 aliphatic heterocycles. The summed E-state index contributed by atoms with van der Waals surface area (Å²) in [7, 11) is -0.157. The van der Waals surface area contributed by atoms with Crippen LogP contribution in [0.5, 0.6) is 0 Å². The van der Waals surface area contributed by atoms with E-state index >= 15 is 0 Å². The number of aromatic nitrogens is 1. The van der Waals surface area contributed by atoms with Gasteiger partial charge in [0.2, 0.25) is 0 Å². The van der Waals surface area contributed by atoms with Crippen LogP contribution in [-0.2, 0) is 21.1 Å². The molecule has 1 heterocycles. The van der Waals surface area contributed by atoms with Crippen LogP contribution in [0.4, 0.5) is 5.13 Å². The van der Waals surface area contributed by atoms with Gasteiger partial charge in [0.15, 0.2) is 5.13 Å². The second kappa shape index (κ2) is 4.44. The smallest absolute Gasteiger partial charge is 0.333 e. The fourth-order valence-corrected chi connectivity index (χ4v) is 2.13. The number of rotatable bonds is 4. The fraction of sp³-hybridized carbons (Fsp3) is 0.571. The molecule has 0 aliphatic rings. The minimum absolute atomic E-state index is 0.0594. The zero-order chi connectivity index (χ0) is 11.6. The lowest BCUT2D eigenvalue weighted by Crippen LogP contribution is -2.15. The number of aryl methyl sites for hydroxylation is 1. The van der Waals surface area contributed by atoms with E-state index in [0.717, 1.165) is 15.7 Å². The molecule has 0 atom stereocenters. The summed E-state index contributed by atoms with van der Waals surface area (Å²) in [5, 5.41) is 5.53. The average molecular weight is 251 g/mol. The van der Waals surface area contributed by atoms with Crippen LogP contribution in [0.2, 0.25) is 0 Å². The molecule has 0 spiro atoms. The summed E-state index contributed by atoms with van der Waals surface area (Å²) in [6.45, 7) is 1.74. The highest BCUT2D eigenvalue weighted by molar-refractivity contribution is 7.84. The SMILES string of the molecule is Cc1nc(N(C)C)sc1COS(N)(=O)=O. The standard InChI is InChI=1S/C7H13N3O3S2/c1-5-6(4-13-15(8,11)12)14-7(9-5)10(2)3/h4H2,1-3H3,(H2,8,11,12). The summed E-state index contributed by atoms with van der Waals surface area (Å²) in [6, 6.07) is 0. The Kier molecular flexibility index (Phi) is 3.66. The summed E-state index contributed by atoms with van der Waals surface area (Å²) < 4.78 is 25.7. The van der Waals surface area contributed by atoms with Crippen molar-refractivity contribution in [2.75, 3.05) is 19.0 Å². The quantitative estimate of drug-likeness (QED) is 0.828. The lowest BCUT2D eigenvalue weighted by atomic mass is 10.4. The number of anilines is 1. The van der Waals surface area contributed by atoms with E-state index in [1.165, 1.54) is 11.3 Å². The molecule has 1 aromatic heterocycles. The third-order valence-corrected chi connectivity index (χ3v) is 3.36. The van der Waals surface area contributed by atoms with Crippen molar-refractivity contribution in [3.8, 4) is 0 Å². The number of thiazole rings is 1. The molecule has 0 saturated heterocycles. The Morgan fingerprint density at radius 3 is 2.53 bits per heavy atom. The maximum Gasteiger partial charge on any atom is 0.333 e. The molecule has 0 saturated carbocycles. The number of nitrogens with two attached hydrogens (primary N) is 1. The van der Waals surface area contributed by atoms with E-state index < -0.39 is 10.3 Å². The van der Waals surface area contributed by atoms with E-state index in [-0.39, 0.29) is 6.61 Å². The Bertz CT molecular complexity index is 438. The Labute approximate surface area is 92.9 Å². The topological polar surface area (TPSA) is 85.5 Å². The molecule has 8 heteroatoms. The normalized spacial score (nSPS) is 11.7. The third kappa shape index (κ3) is 3.74. The maximum atomic E-state index is 10.6. The Hall–Kier alpha value is -0.700. The third-order valence-electron chi connectivity index (χ3n) is 1.62. The molecule has 0 aromatic carbocycles. The van der Waals surface area contributed by atoms with Crippen LogP contribution in [-0.4, -0.2) is 27.5 Å². The minimum atomic E-state index is -3.88. The predicted octanol–water partition coefficient (Wildman–Crippen LogP) is 0.238. The van der Waals surface area contributed by atoms with Crippen LogP contribution in [0.3, 0.4) is 0 Å². The van der Waals surface area contributed by atoms with Crippen LogP contribution in [0.15, 0.2) is 0 Å². The molecule has 0 aliphatic carbocycles. The van der Waals surface area contributed by atoms with Gasteiger partial charge in [-0.15, -0.1) is 0 Å². The van der Waals surface area contributed by atoms with E-state index in [4.69, 9.17) is 5.14 Å². The van der Waals surface area contributed by atoms with Crippen molar-refractivity contribution in [3.05, 3.63) is 10.6 Å². The van der Waals surface area contributed by atoms with Crippen LogP contribution in [0.1, 0.15) is 10.6 Å². The van der Waals surface area contributed by atoms with Gasteiger partial charge in [0.1, 0.15) is 6.61 Å². The highest BCUT2D eigenvalue weighted by atomic mass is 32.2. The Balaban J connectivity index is 2.78. The molecule has 0 bridgehead atoms. The summed E-state index contributed by atoms with van der Waals surface area (Å²) >= 11 is 1.38. The van der Waals surface area contributed by atoms with Gasteiger partial charge in [-0.1, -0.05) is 11.3 Å². The molecular weight excluding hydrogens is 238 g/mol. The average Bonchev–Trinajstić information content (AvgIpc) is 2.42. The molecule has 2 N–H and O–H groups in total. The van der Waals surface area contributed by atoms with Gasteiger partial charge in [0.25, 0.3) is 0 Å². The van der Waals surface area contributed by atoms with E-state index in [9.17, 15) is 8.42 Å². The molecule has 6 nitrogen and oxygen atoms in total. The van der Waals surface area contributed by atoms with Crippen molar-refractivity contribution in [3.63, 3.8) is 0 Å². The first-order chi connectivity index (χ1) is 6.79. The predicted molar refractivity (Wildman–Crippen MR) is 59.1 cm³/mol. The second-order valence-corrected chi connectivity index (χ2v) is 5.44. The van der Waals surface area contributed by atoms with Gasteiger partial charge in [-0.2, -0.15) is 8.42 Å². The molecular formula is C7H13N3O3S2. The van der Waals surface area contributed by atoms with Crippen LogP contribution in [0, 0.1) is 6.92 Å². The summed E-state index contributed by atoms with van der Waals surface area (Å²) in [4.78, 5) is 6.84. The van der Waals surface area contributed by atoms with E-state index in [1.807, 2.05) is 19.0 Å². The lowest BCUT2D eigenvalue weighted by molar-refractivity contribution is 0.311. The van der Waals surface area contributed by atoms with Gasteiger partial charge in [-0.25, -0.2) is 10.1 Å². The second-order valence-electron chi connectivity index (χ2n) is 3.15. The molecule has 0 radical (unpaired) electrons. The van der Waals surface area contributed by atoms with Gasteiger partial charge in [-0.05, 0) is 6.92 Å². The van der Waals surface area contributed by atoms with Crippen molar-refractivity contribution in [2.24, 2.45) is 5.14 Å².